The number of carbonyl (C=O) groups excluding carboxylic acids is 1. The Hall–Kier alpha value is -1.66. The zero-order valence-corrected chi connectivity index (χ0v) is 12.6. The van der Waals surface area contributed by atoms with Crippen LogP contribution in [-0.2, 0) is 0 Å². The molecule has 6 nitrogen and oxygen atoms in total. The smallest absolute Gasteiger partial charge is 0.270 e. The Morgan fingerprint density at radius 1 is 1.57 bits per heavy atom. The third kappa shape index (κ3) is 3.92. The number of amides is 1. The lowest BCUT2D eigenvalue weighted by molar-refractivity contribution is -0.384. The third-order valence-corrected chi connectivity index (χ3v) is 4.09. The summed E-state index contributed by atoms with van der Waals surface area (Å²) in [7, 11) is 0. The van der Waals surface area contributed by atoms with Gasteiger partial charge >= 0.3 is 0 Å². The molecule has 1 amide bonds. The minimum Gasteiger partial charge on any atom is -0.352 e. The van der Waals surface area contributed by atoms with E-state index in [-0.39, 0.29) is 22.2 Å². The quantitative estimate of drug-likeness (QED) is 0.669. The Morgan fingerprint density at radius 3 is 2.90 bits per heavy atom. The molecule has 0 aliphatic carbocycles. The number of rotatable bonds is 5. The van der Waals surface area contributed by atoms with E-state index in [1.807, 2.05) is 0 Å². The molecule has 7 heteroatoms. The molecule has 0 aromatic heterocycles. The van der Waals surface area contributed by atoms with Gasteiger partial charge in [-0.05, 0) is 31.5 Å². The van der Waals surface area contributed by atoms with Crippen LogP contribution in [0.2, 0.25) is 5.02 Å². The Labute approximate surface area is 128 Å². The van der Waals surface area contributed by atoms with Crippen molar-refractivity contribution in [3.63, 3.8) is 0 Å². The first-order valence-electron chi connectivity index (χ1n) is 6.95. The van der Waals surface area contributed by atoms with Crippen LogP contribution in [0.25, 0.3) is 0 Å². The van der Waals surface area contributed by atoms with E-state index < -0.39 is 4.92 Å². The molecule has 1 atom stereocenters. The van der Waals surface area contributed by atoms with Crippen molar-refractivity contribution in [3.05, 3.63) is 38.9 Å². The largest absolute Gasteiger partial charge is 0.352 e. The first kappa shape index (κ1) is 15.7. The fourth-order valence-electron chi connectivity index (χ4n) is 2.50. The van der Waals surface area contributed by atoms with Gasteiger partial charge in [-0.3, -0.25) is 14.9 Å². The van der Waals surface area contributed by atoms with Gasteiger partial charge in [0.1, 0.15) is 0 Å². The maximum Gasteiger partial charge on any atom is 0.270 e. The average molecular weight is 312 g/mol. The normalized spacial score (nSPS) is 18.7. The Morgan fingerprint density at radius 2 is 2.33 bits per heavy atom. The summed E-state index contributed by atoms with van der Waals surface area (Å²) in [5.41, 5.74) is 0.151. The Balaban J connectivity index is 1.93. The summed E-state index contributed by atoms with van der Waals surface area (Å²) < 4.78 is 0. The SMILES string of the molecule is CCN1CCC(CNC(=O)c2ccc([N+](=O)[O-])cc2Cl)C1. The molecule has 1 fully saturated rings. The maximum atomic E-state index is 12.1. The van der Waals surface area contributed by atoms with Gasteiger partial charge in [-0.1, -0.05) is 18.5 Å². The van der Waals surface area contributed by atoms with Crippen LogP contribution in [0.15, 0.2) is 18.2 Å². The van der Waals surface area contributed by atoms with Crippen molar-refractivity contribution in [1.82, 2.24) is 10.2 Å². The molecule has 1 aromatic rings. The molecule has 1 heterocycles. The topological polar surface area (TPSA) is 75.5 Å². The zero-order valence-electron chi connectivity index (χ0n) is 11.8. The molecule has 1 saturated heterocycles. The molecule has 0 saturated carbocycles. The van der Waals surface area contributed by atoms with Gasteiger partial charge in [0.05, 0.1) is 15.5 Å². The van der Waals surface area contributed by atoms with Crippen LogP contribution < -0.4 is 5.32 Å². The number of nitro benzene ring substituents is 1. The summed E-state index contributed by atoms with van der Waals surface area (Å²) in [5, 5.41) is 13.6. The fourth-order valence-corrected chi connectivity index (χ4v) is 2.76. The van der Waals surface area contributed by atoms with E-state index in [1.54, 1.807) is 0 Å². The number of halogens is 1. The minimum absolute atomic E-state index is 0.100. The molecule has 21 heavy (non-hydrogen) atoms. The molecule has 1 aliphatic rings. The van der Waals surface area contributed by atoms with Gasteiger partial charge in [-0.15, -0.1) is 0 Å². The van der Waals surface area contributed by atoms with Crippen LogP contribution in [0.4, 0.5) is 5.69 Å². The molecule has 1 aliphatic heterocycles. The standard InChI is InChI=1S/C14H18ClN3O3/c1-2-17-6-5-10(9-17)8-16-14(19)12-4-3-11(18(20)21)7-13(12)15/h3-4,7,10H,2,5-6,8-9H2,1H3,(H,16,19). The van der Waals surface area contributed by atoms with Crippen LogP contribution in [0, 0.1) is 16.0 Å². The van der Waals surface area contributed by atoms with Gasteiger partial charge in [-0.2, -0.15) is 0 Å². The second kappa shape index (κ2) is 6.87. The first-order valence-corrected chi connectivity index (χ1v) is 7.33. The molecular weight excluding hydrogens is 294 g/mol. The van der Waals surface area contributed by atoms with E-state index in [1.165, 1.54) is 18.2 Å². The van der Waals surface area contributed by atoms with Crippen molar-refractivity contribution in [2.24, 2.45) is 5.92 Å². The van der Waals surface area contributed by atoms with Crippen molar-refractivity contribution in [2.45, 2.75) is 13.3 Å². The zero-order chi connectivity index (χ0) is 15.4. The van der Waals surface area contributed by atoms with Gasteiger partial charge in [-0.25, -0.2) is 0 Å². The third-order valence-electron chi connectivity index (χ3n) is 3.78. The predicted molar refractivity (Wildman–Crippen MR) is 80.7 cm³/mol. The molecular formula is C14H18ClN3O3. The number of benzene rings is 1. The van der Waals surface area contributed by atoms with Crippen molar-refractivity contribution in [3.8, 4) is 0 Å². The number of hydrogen-bond donors (Lipinski definition) is 1. The Bertz CT molecular complexity index is 550. The number of carbonyl (C=O) groups is 1. The lowest BCUT2D eigenvalue weighted by Gasteiger charge is -2.14. The minimum atomic E-state index is -0.536. The number of nitrogens with zero attached hydrogens (tertiary/aromatic N) is 2. The average Bonchev–Trinajstić information content (AvgIpc) is 2.92. The highest BCUT2D eigenvalue weighted by molar-refractivity contribution is 6.34. The van der Waals surface area contributed by atoms with Crippen molar-refractivity contribution >= 4 is 23.2 Å². The number of likely N-dealkylation sites (tertiary alicyclic amines) is 1. The lowest BCUT2D eigenvalue weighted by Crippen LogP contribution is -2.31. The van der Waals surface area contributed by atoms with Crippen LogP contribution in [-0.4, -0.2) is 41.9 Å². The van der Waals surface area contributed by atoms with Gasteiger partial charge in [0.25, 0.3) is 11.6 Å². The van der Waals surface area contributed by atoms with E-state index in [0.717, 1.165) is 26.1 Å². The molecule has 114 valence electrons. The summed E-state index contributed by atoms with van der Waals surface area (Å²) in [6.45, 7) is 5.80. The summed E-state index contributed by atoms with van der Waals surface area (Å²) in [6.07, 6.45) is 1.07. The van der Waals surface area contributed by atoms with Gasteiger partial charge < -0.3 is 10.2 Å². The van der Waals surface area contributed by atoms with Gasteiger partial charge in [0.15, 0.2) is 0 Å². The van der Waals surface area contributed by atoms with Crippen molar-refractivity contribution < 1.29 is 9.72 Å². The lowest BCUT2D eigenvalue weighted by atomic mass is 10.1. The monoisotopic (exact) mass is 311 g/mol. The first-order chi connectivity index (χ1) is 10.0. The molecule has 0 bridgehead atoms. The number of nitro groups is 1. The van der Waals surface area contributed by atoms with E-state index in [9.17, 15) is 14.9 Å². The highest BCUT2D eigenvalue weighted by Crippen LogP contribution is 2.22. The van der Waals surface area contributed by atoms with E-state index >= 15 is 0 Å². The molecule has 0 spiro atoms. The molecule has 0 radical (unpaired) electrons. The predicted octanol–water partition coefficient (Wildman–Crippen LogP) is 2.32. The molecule has 1 unspecified atom stereocenters. The van der Waals surface area contributed by atoms with E-state index in [4.69, 9.17) is 11.6 Å². The van der Waals surface area contributed by atoms with Gasteiger partial charge in [0, 0.05) is 25.2 Å². The summed E-state index contributed by atoms with van der Waals surface area (Å²) in [6, 6.07) is 3.88. The summed E-state index contributed by atoms with van der Waals surface area (Å²) in [5.74, 6) is 0.163. The van der Waals surface area contributed by atoms with E-state index in [0.29, 0.717) is 12.5 Å². The maximum absolute atomic E-state index is 12.1. The van der Waals surface area contributed by atoms with Crippen LogP contribution in [0.1, 0.15) is 23.7 Å². The number of non-ortho nitro benzene ring substituents is 1. The second-order valence-corrected chi connectivity index (χ2v) is 5.59. The summed E-state index contributed by atoms with van der Waals surface area (Å²) >= 11 is 5.94. The van der Waals surface area contributed by atoms with Crippen LogP contribution in [0.3, 0.4) is 0 Å². The van der Waals surface area contributed by atoms with Crippen LogP contribution >= 0.6 is 11.6 Å². The fraction of sp³-hybridized carbons (Fsp3) is 0.500. The Kier molecular flexibility index (Phi) is 5.14. The number of hydrogen-bond acceptors (Lipinski definition) is 4. The molecule has 1 aromatic carbocycles. The highest BCUT2D eigenvalue weighted by atomic mass is 35.5. The van der Waals surface area contributed by atoms with Gasteiger partial charge in [0.2, 0.25) is 0 Å². The molecule has 1 N–H and O–H groups in total. The highest BCUT2D eigenvalue weighted by Gasteiger charge is 2.22. The second-order valence-electron chi connectivity index (χ2n) is 5.18. The van der Waals surface area contributed by atoms with Crippen molar-refractivity contribution in [2.75, 3.05) is 26.2 Å². The summed E-state index contributed by atoms with van der Waals surface area (Å²) in [4.78, 5) is 24.5. The van der Waals surface area contributed by atoms with E-state index in [2.05, 4.69) is 17.1 Å². The van der Waals surface area contributed by atoms with Crippen LogP contribution in [0.5, 0.6) is 0 Å². The van der Waals surface area contributed by atoms with Crippen molar-refractivity contribution in [1.29, 1.82) is 0 Å². The molecule has 2 rings (SSSR count). The number of nitrogens with one attached hydrogen (secondary N) is 1.